The average Bonchev–Trinajstić information content (AvgIpc) is 3.07. The molecule has 1 saturated carbocycles. The van der Waals surface area contributed by atoms with Crippen LogP contribution in [-0.2, 0) is 7.05 Å². The van der Waals surface area contributed by atoms with Gasteiger partial charge in [0.15, 0.2) is 0 Å². The SMILES string of the molecule is C[C@@H]1C[C@H](C)CN(C(=O)c2cn(C3CCCCC3)c(=O)c3c2c2ccccc2n3C)C1. The van der Waals surface area contributed by atoms with Crippen LogP contribution in [0.5, 0.6) is 0 Å². The molecule has 5 rings (SSSR count). The number of likely N-dealkylation sites (tertiary alicyclic amines) is 1. The summed E-state index contributed by atoms with van der Waals surface area (Å²) in [6.45, 7) is 6.04. The molecule has 0 radical (unpaired) electrons. The minimum absolute atomic E-state index is 0.0394. The lowest BCUT2D eigenvalue weighted by atomic mass is 9.91. The van der Waals surface area contributed by atoms with Crippen LogP contribution >= 0.6 is 0 Å². The zero-order chi connectivity index (χ0) is 21.7. The summed E-state index contributed by atoms with van der Waals surface area (Å²) < 4.78 is 3.88. The highest BCUT2D eigenvalue weighted by Gasteiger charge is 2.30. The molecule has 5 nitrogen and oxygen atoms in total. The van der Waals surface area contributed by atoms with E-state index in [1.165, 1.54) is 6.42 Å². The molecule has 164 valence electrons. The second-order valence-corrected chi connectivity index (χ2v) is 10.0. The first kappa shape index (κ1) is 20.3. The molecule has 2 aliphatic rings. The monoisotopic (exact) mass is 419 g/mol. The molecule has 0 bridgehead atoms. The van der Waals surface area contributed by atoms with Crippen molar-refractivity contribution in [3.05, 3.63) is 46.4 Å². The molecular formula is C26H33N3O2. The molecule has 1 aliphatic heterocycles. The van der Waals surface area contributed by atoms with Gasteiger partial charge in [0, 0.05) is 48.7 Å². The number of benzene rings is 1. The molecular weight excluding hydrogens is 386 g/mol. The molecule has 3 aromatic rings. The van der Waals surface area contributed by atoms with E-state index in [4.69, 9.17) is 0 Å². The summed E-state index contributed by atoms with van der Waals surface area (Å²) in [4.78, 5) is 29.6. The van der Waals surface area contributed by atoms with E-state index >= 15 is 0 Å². The fourth-order valence-electron chi connectivity index (χ4n) is 6.09. The summed E-state index contributed by atoms with van der Waals surface area (Å²) in [6.07, 6.45) is 8.62. The van der Waals surface area contributed by atoms with Crippen LogP contribution in [-0.4, -0.2) is 33.0 Å². The molecule has 1 saturated heterocycles. The number of hydrogen-bond acceptors (Lipinski definition) is 2. The number of nitrogens with zero attached hydrogens (tertiary/aromatic N) is 3. The van der Waals surface area contributed by atoms with E-state index < -0.39 is 0 Å². The van der Waals surface area contributed by atoms with Crippen LogP contribution < -0.4 is 5.56 Å². The lowest BCUT2D eigenvalue weighted by Crippen LogP contribution is -2.43. The first-order valence-electron chi connectivity index (χ1n) is 11.9. The van der Waals surface area contributed by atoms with Gasteiger partial charge in [-0.15, -0.1) is 0 Å². The van der Waals surface area contributed by atoms with Gasteiger partial charge >= 0.3 is 0 Å². The van der Waals surface area contributed by atoms with Crippen molar-refractivity contribution in [1.29, 1.82) is 0 Å². The summed E-state index contributed by atoms with van der Waals surface area (Å²) in [6, 6.07) is 8.26. The van der Waals surface area contributed by atoms with Gasteiger partial charge in [0.25, 0.3) is 11.5 Å². The second-order valence-electron chi connectivity index (χ2n) is 10.0. The highest BCUT2D eigenvalue weighted by Crippen LogP contribution is 2.33. The molecule has 1 aromatic carbocycles. The Kier molecular flexibility index (Phi) is 5.15. The Hall–Kier alpha value is -2.56. The summed E-state index contributed by atoms with van der Waals surface area (Å²) in [5.74, 6) is 1.07. The minimum atomic E-state index is 0.0394. The van der Waals surface area contributed by atoms with Crippen molar-refractivity contribution in [3.63, 3.8) is 0 Å². The van der Waals surface area contributed by atoms with E-state index in [0.717, 1.165) is 61.5 Å². The minimum Gasteiger partial charge on any atom is -0.339 e. The predicted octanol–water partition coefficient (Wildman–Crippen LogP) is 5.12. The maximum atomic E-state index is 13.9. The summed E-state index contributed by atoms with van der Waals surface area (Å²) in [5.41, 5.74) is 2.40. The molecule has 2 atom stereocenters. The number of rotatable bonds is 2. The summed E-state index contributed by atoms with van der Waals surface area (Å²) in [5, 5.41) is 1.82. The smallest absolute Gasteiger partial charge is 0.275 e. The Bertz CT molecular complexity index is 1190. The first-order valence-corrected chi connectivity index (χ1v) is 11.9. The molecule has 2 aromatic heterocycles. The van der Waals surface area contributed by atoms with Crippen molar-refractivity contribution in [2.45, 2.75) is 58.4 Å². The van der Waals surface area contributed by atoms with Gasteiger partial charge in [-0.05, 0) is 37.2 Å². The fraction of sp³-hybridized carbons (Fsp3) is 0.538. The summed E-state index contributed by atoms with van der Waals surface area (Å²) in [7, 11) is 1.95. The van der Waals surface area contributed by atoms with Crippen LogP contribution in [0.2, 0.25) is 0 Å². The molecule has 0 spiro atoms. The van der Waals surface area contributed by atoms with Gasteiger partial charge in [-0.2, -0.15) is 0 Å². The largest absolute Gasteiger partial charge is 0.339 e. The lowest BCUT2D eigenvalue weighted by Gasteiger charge is -2.35. The number of para-hydroxylation sites is 1. The third-order valence-electron chi connectivity index (χ3n) is 7.44. The number of aromatic nitrogens is 2. The molecule has 3 heterocycles. The maximum Gasteiger partial charge on any atom is 0.275 e. The normalized spacial score (nSPS) is 23.0. The van der Waals surface area contributed by atoms with Crippen LogP contribution in [0.4, 0.5) is 0 Å². The van der Waals surface area contributed by atoms with E-state index in [9.17, 15) is 9.59 Å². The number of carbonyl (C=O) groups excluding carboxylic acids is 1. The van der Waals surface area contributed by atoms with Gasteiger partial charge in [-0.3, -0.25) is 9.59 Å². The molecule has 1 aliphatic carbocycles. The van der Waals surface area contributed by atoms with Gasteiger partial charge < -0.3 is 14.0 Å². The molecule has 2 fully saturated rings. The molecule has 31 heavy (non-hydrogen) atoms. The van der Waals surface area contributed by atoms with E-state index in [1.54, 1.807) is 0 Å². The topological polar surface area (TPSA) is 47.2 Å². The van der Waals surface area contributed by atoms with Crippen LogP contribution in [0.1, 0.15) is 68.8 Å². The van der Waals surface area contributed by atoms with Crippen LogP contribution in [0.25, 0.3) is 21.8 Å². The van der Waals surface area contributed by atoms with Crippen molar-refractivity contribution in [1.82, 2.24) is 14.0 Å². The summed E-state index contributed by atoms with van der Waals surface area (Å²) >= 11 is 0. The predicted molar refractivity (Wildman–Crippen MR) is 126 cm³/mol. The molecule has 0 unspecified atom stereocenters. The number of hydrogen-bond donors (Lipinski definition) is 0. The van der Waals surface area contributed by atoms with Crippen molar-refractivity contribution < 1.29 is 4.79 Å². The Morgan fingerprint density at radius 2 is 1.68 bits per heavy atom. The van der Waals surface area contributed by atoms with Gasteiger partial charge in [-0.1, -0.05) is 51.3 Å². The quantitative estimate of drug-likeness (QED) is 0.579. The van der Waals surface area contributed by atoms with E-state index in [2.05, 4.69) is 13.8 Å². The number of fused-ring (bicyclic) bond motifs is 3. The first-order chi connectivity index (χ1) is 15.0. The highest BCUT2D eigenvalue weighted by molar-refractivity contribution is 6.17. The molecule has 5 heteroatoms. The number of aryl methyl sites for hydroxylation is 1. The number of piperidine rings is 1. The van der Waals surface area contributed by atoms with Crippen molar-refractivity contribution in [2.24, 2.45) is 18.9 Å². The average molecular weight is 420 g/mol. The van der Waals surface area contributed by atoms with Gasteiger partial charge in [0.2, 0.25) is 0 Å². The zero-order valence-corrected chi connectivity index (χ0v) is 18.9. The van der Waals surface area contributed by atoms with Crippen molar-refractivity contribution in [2.75, 3.05) is 13.1 Å². The Morgan fingerprint density at radius 1 is 1.00 bits per heavy atom. The van der Waals surface area contributed by atoms with Crippen molar-refractivity contribution >= 4 is 27.7 Å². The third kappa shape index (κ3) is 3.38. The third-order valence-corrected chi connectivity index (χ3v) is 7.44. The Labute approximate surface area is 183 Å². The fourth-order valence-corrected chi connectivity index (χ4v) is 6.09. The Morgan fingerprint density at radius 3 is 2.39 bits per heavy atom. The van der Waals surface area contributed by atoms with E-state index in [1.807, 2.05) is 51.5 Å². The number of pyridine rings is 1. The number of amides is 1. The highest BCUT2D eigenvalue weighted by atomic mass is 16.2. The van der Waals surface area contributed by atoms with Crippen LogP contribution in [0, 0.1) is 11.8 Å². The van der Waals surface area contributed by atoms with Gasteiger partial charge in [0.05, 0.1) is 5.56 Å². The molecule has 0 N–H and O–H groups in total. The maximum absolute atomic E-state index is 13.9. The van der Waals surface area contributed by atoms with Crippen LogP contribution in [0.15, 0.2) is 35.3 Å². The van der Waals surface area contributed by atoms with Gasteiger partial charge in [-0.25, -0.2) is 0 Å². The second kappa shape index (κ2) is 7.85. The van der Waals surface area contributed by atoms with E-state index in [0.29, 0.717) is 22.9 Å². The Balaban J connectivity index is 1.75. The molecule has 1 amide bonds. The number of carbonyl (C=O) groups is 1. The van der Waals surface area contributed by atoms with E-state index in [-0.39, 0.29) is 17.5 Å². The van der Waals surface area contributed by atoms with Gasteiger partial charge in [0.1, 0.15) is 5.52 Å². The standard InChI is InChI=1S/C26H33N3O2/c1-17-13-18(2)15-28(14-17)25(30)21-16-29(19-9-5-4-6-10-19)26(31)24-23(21)20-11-7-8-12-22(20)27(24)3/h7-8,11-12,16-19H,4-6,9-10,13-15H2,1-3H3/t17-,18+. The van der Waals surface area contributed by atoms with Crippen molar-refractivity contribution in [3.8, 4) is 0 Å². The lowest BCUT2D eigenvalue weighted by molar-refractivity contribution is 0.0624. The van der Waals surface area contributed by atoms with Crippen LogP contribution in [0.3, 0.4) is 0 Å². The zero-order valence-electron chi connectivity index (χ0n) is 18.9.